The van der Waals surface area contributed by atoms with Crippen molar-refractivity contribution in [3.05, 3.63) is 57.6 Å². The Hall–Kier alpha value is -2.01. The van der Waals surface area contributed by atoms with Crippen molar-refractivity contribution < 1.29 is 9.53 Å². The van der Waals surface area contributed by atoms with Gasteiger partial charge < -0.3 is 15.4 Å². The van der Waals surface area contributed by atoms with Gasteiger partial charge >= 0.3 is 6.03 Å². The van der Waals surface area contributed by atoms with Crippen LogP contribution in [-0.4, -0.2) is 12.8 Å². The van der Waals surface area contributed by atoms with Crippen molar-refractivity contribution in [3.63, 3.8) is 0 Å². The highest BCUT2D eigenvalue weighted by atomic mass is 79.9. The maximum Gasteiger partial charge on any atom is 0.321 e. The monoisotopic (exact) mass is 404 g/mol. The predicted molar refractivity (Wildman–Crippen MR) is 106 cm³/mol. The van der Waals surface area contributed by atoms with Gasteiger partial charge in [0, 0.05) is 4.47 Å². The van der Waals surface area contributed by atoms with Crippen LogP contribution in [0.2, 0.25) is 0 Å². The van der Waals surface area contributed by atoms with Gasteiger partial charge in [-0.2, -0.15) is 0 Å². The first kappa shape index (κ1) is 19.3. The van der Waals surface area contributed by atoms with E-state index in [0.29, 0.717) is 5.69 Å². The summed E-state index contributed by atoms with van der Waals surface area (Å²) in [5, 5.41) is 5.52. The van der Waals surface area contributed by atoms with Gasteiger partial charge in [-0.1, -0.05) is 44.5 Å². The van der Waals surface area contributed by atoms with Crippen molar-refractivity contribution in [2.24, 2.45) is 0 Å². The maximum absolute atomic E-state index is 12.1. The maximum atomic E-state index is 12.1. The number of urea groups is 1. The molecule has 2 aromatic rings. The lowest BCUT2D eigenvalue weighted by atomic mass is 9.85. The zero-order valence-electron chi connectivity index (χ0n) is 15.4. The van der Waals surface area contributed by atoms with E-state index in [1.165, 1.54) is 5.56 Å². The van der Waals surface area contributed by atoms with Gasteiger partial charge in [0.1, 0.15) is 5.75 Å². The number of nitrogens with one attached hydrogen (secondary N) is 2. The van der Waals surface area contributed by atoms with Crippen molar-refractivity contribution in [2.45, 2.75) is 40.0 Å². The van der Waals surface area contributed by atoms with Gasteiger partial charge in [-0.05, 0) is 64.5 Å². The molecule has 2 rings (SSSR count). The fraction of sp³-hybridized carbons (Fsp3) is 0.350. The third-order valence-electron chi connectivity index (χ3n) is 3.78. The molecule has 25 heavy (non-hydrogen) atoms. The third kappa shape index (κ3) is 5.49. The lowest BCUT2D eigenvalue weighted by Gasteiger charge is -2.23. The summed E-state index contributed by atoms with van der Waals surface area (Å²) in [5.41, 5.74) is 4.11. The molecule has 0 bridgehead atoms. The van der Waals surface area contributed by atoms with Crippen molar-refractivity contribution in [3.8, 4) is 5.75 Å². The van der Waals surface area contributed by atoms with Gasteiger partial charge in [0.25, 0.3) is 0 Å². The van der Waals surface area contributed by atoms with E-state index in [-0.39, 0.29) is 18.2 Å². The third-order valence-corrected chi connectivity index (χ3v) is 4.43. The second-order valence-corrected chi connectivity index (χ2v) is 8.01. The number of hydrogen-bond donors (Lipinski definition) is 2. The molecule has 134 valence electrons. The minimum atomic E-state index is -0.311. The largest absolute Gasteiger partial charge is 0.473 e. The van der Waals surface area contributed by atoms with E-state index in [1.54, 1.807) is 0 Å². The highest BCUT2D eigenvalue weighted by molar-refractivity contribution is 9.10. The summed E-state index contributed by atoms with van der Waals surface area (Å²) in [7, 11) is 0. The number of rotatable bonds is 4. The number of carbonyl (C=O) groups excluding carboxylic acids is 1. The quantitative estimate of drug-likeness (QED) is 0.658. The van der Waals surface area contributed by atoms with Crippen LogP contribution in [0.4, 0.5) is 10.5 Å². The molecule has 0 aliphatic heterocycles. The molecule has 0 heterocycles. The van der Waals surface area contributed by atoms with E-state index in [9.17, 15) is 4.79 Å². The molecule has 0 unspecified atom stereocenters. The number of benzene rings is 2. The number of hydrogen-bond acceptors (Lipinski definition) is 2. The average molecular weight is 405 g/mol. The van der Waals surface area contributed by atoms with Crippen LogP contribution < -0.4 is 15.4 Å². The molecule has 0 spiro atoms. The molecule has 0 fully saturated rings. The summed E-state index contributed by atoms with van der Waals surface area (Å²) in [6, 6.07) is 11.5. The molecule has 4 nitrogen and oxygen atoms in total. The molecule has 2 aromatic carbocycles. The molecule has 0 aromatic heterocycles. The Morgan fingerprint density at radius 1 is 1.08 bits per heavy atom. The summed E-state index contributed by atoms with van der Waals surface area (Å²) >= 11 is 3.44. The molecule has 0 atom stereocenters. The van der Waals surface area contributed by atoms with Crippen LogP contribution in [0.15, 0.2) is 40.9 Å². The smallest absolute Gasteiger partial charge is 0.321 e. The van der Waals surface area contributed by atoms with Crippen LogP contribution in [0.1, 0.15) is 37.5 Å². The molecule has 0 saturated heterocycles. The van der Waals surface area contributed by atoms with Gasteiger partial charge in [-0.3, -0.25) is 0 Å². The van der Waals surface area contributed by atoms with Crippen LogP contribution in [0.3, 0.4) is 0 Å². The predicted octanol–water partition coefficient (Wildman–Crippen LogP) is 5.52. The van der Waals surface area contributed by atoms with Gasteiger partial charge in [0.15, 0.2) is 6.73 Å². The molecular weight excluding hydrogens is 380 g/mol. The van der Waals surface area contributed by atoms with Crippen molar-refractivity contribution in [1.82, 2.24) is 5.32 Å². The molecule has 0 aliphatic carbocycles. The van der Waals surface area contributed by atoms with Crippen molar-refractivity contribution in [2.75, 3.05) is 12.0 Å². The highest BCUT2D eigenvalue weighted by Gasteiger charge is 2.19. The van der Waals surface area contributed by atoms with Crippen molar-refractivity contribution >= 4 is 27.6 Å². The normalized spacial score (nSPS) is 11.1. The Morgan fingerprint density at radius 2 is 1.72 bits per heavy atom. The summed E-state index contributed by atoms with van der Waals surface area (Å²) in [6.07, 6.45) is 0. The Morgan fingerprint density at radius 3 is 2.36 bits per heavy atom. The summed E-state index contributed by atoms with van der Waals surface area (Å²) < 4.78 is 6.64. The first-order chi connectivity index (χ1) is 11.7. The van der Waals surface area contributed by atoms with E-state index in [1.807, 2.05) is 37.3 Å². The molecule has 2 amide bonds. The van der Waals surface area contributed by atoms with E-state index < -0.39 is 0 Å². The van der Waals surface area contributed by atoms with Gasteiger partial charge in [-0.15, -0.1) is 0 Å². The Labute approximate surface area is 158 Å². The minimum absolute atomic E-state index is 0.0314. The van der Waals surface area contributed by atoms with E-state index in [4.69, 9.17) is 4.74 Å². The Balaban J connectivity index is 1.95. The molecule has 0 radical (unpaired) electrons. The van der Waals surface area contributed by atoms with E-state index >= 15 is 0 Å². The molecule has 5 heteroatoms. The fourth-order valence-electron chi connectivity index (χ4n) is 2.42. The second-order valence-electron chi connectivity index (χ2n) is 7.15. The lowest BCUT2D eigenvalue weighted by Crippen LogP contribution is -2.32. The number of carbonyl (C=O) groups is 1. The molecule has 0 saturated carbocycles. The number of anilines is 1. The minimum Gasteiger partial charge on any atom is -0.473 e. The Kier molecular flexibility index (Phi) is 6.11. The first-order valence-corrected chi connectivity index (χ1v) is 9.01. The average Bonchev–Trinajstić information content (AvgIpc) is 2.50. The number of ether oxygens (including phenoxy) is 1. The Bertz CT molecular complexity index is 767. The van der Waals surface area contributed by atoms with Crippen LogP contribution in [0, 0.1) is 13.8 Å². The van der Waals surface area contributed by atoms with Crippen LogP contribution in [0.5, 0.6) is 5.75 Å². The zero-order valence-corrected chi connectivity index (χ0v) is 17.0. The molecule has 0 aliphatic rings. The van der Waals surface area contributed by atoms with Crippen LogP contribution >= 0.6 is 15.9 Å². The van der Waals surface area contributed by atoms with Gasteiger partial charge in [0.2, 0.25) is 0 Å². The van der Waals surface area contributed by atoms with Gasteiger partial charge in [-0.25, -0.2) is 4.79 Å². The molecule has 2 N–H and O–H groups in total. The standard InChI is InChI=1S/C20H25BrN2O2/c1-13-7-9-18(15(10-13)20(3,4)5)25-12-22-19(24)23-17-8-6-14(2)11-16(17)21/h6-11H,12H2,1-5H3,(H2,22,23,24). The van der Waals surface area contributed by atoms with Crippen molar-refractivity contribution in [1.29, 1.82) is 0 Å². The van der Waals surface area contributed by atoms with Gasteiger partial charge in [0.05, 0.1) is 5.69 Å². The highest BCUT2D eigenvalue weighted by Crippen LogP contribution is 2.32. The van der Waals surface area contributed by atoms with Crippen LogP contribution in [-0.2, 0) is 5.41 Å². The number of aryl methyl sites for hydroxylation is 2. The summed E-state index contributed by atoms with van der Waals surface area (Å²) in [4.78, 5) is 12.1. The topological polar surface area (TPSA) is 50.4 Å². The second kappa shape index (κ2) is 7.91. The lowest BCUT2D eigenvalue weighted by molar-refractivity contribution is 0.233. The molecular formula is C20H25BrN2O2. The van der Waals surface area contributed by atoms with E-state index in [0.717, 1.165) is 21.3 Å². The number of halogens is 1. The summed E-state index contributed by atoms with van der Waals surface area (Å²) in [6.45, 7) is 10.6. The zero-order chi connectivity index (χ0) is 18.6. The van der Waals surface area contributed by atoms with Crippen LogP contribution in [0.25, 0.3) is 0 Å². The SMILES string of the molecule is Cc1ccc(NC(=O)NCOc2ccc(C)cc2C(C)(C)C)c(Br)c1. The summed E-state index contributed by atoms with van der Waals surface area (Å²) in [5.74, 6) is 0.787. The fourth-order valence-corrected chi connectivity index (χ4v) is 3.02. The first-order valence-electron chi connectivity index (χ1n) is 8.22. The number of amides is 2. The van der Waals surface area contributed by atoms with E-state index in [2.05, 4.69) is 60.3 Å².